The number of hydrogen-bond acceptors (Lipinski definition) is 3. The molecular weight excluding hydrogens is 407 g/mol. The van der Waals surface area contributed by atoms with Gasteiger partial charge in [0.2, 0.25) is 0 Å². The molecule has 0 aliphatic carbocycles. The normalized spacial score (nSPS) is 12.1. The van der Waals surface area contributed by atoms with Crippen molar-refractivity contribution < 1.29 is 9.53 Å². The summed E-state index contributed by atoms with van der Waals surface area (Å²) in [5.41, 5.74) is 1.62. The van der Waals surface area contributed by atoms with Crippen LogP contribution in [0, 0.1) is 0 Å². The molecule has 1 aromatic carbocycles. The molecular formula is C16H27IN4O2. The van der Waals surface area contributed by atoms with Gasteiger partial charge < -0.3 is 20.7 Å². The molecule has 1 rings (SSSR count). The molecule has 0 aliphatic heterocycles. The van der Waals surface area contributed by atoms with Crippen molar-refractivity contribution in [3.05, 3.63) is 35.4 Å². The lowest BCUT2D eigenvalue weighted by Crippen LogP contribution is -2.43. The van der Waals surface area contributed by atoms with Crippen LogP contribution in [0.4, 0.5) is 0 Å². The van der Waals surface area contributed by atoms with E-state index in [9.17, 15) is 4.79 Å². The number of halogens is 1. The predicted octanol–water partition coefficient (Wildman–Crippen LogP) is 1.75. The highest BCUT2D eigenvalue weighted by Gasteiger charge is 2.06. The number of carbonyl (C=O) groups is 1. The zero-order chi connectivity index (χ0) is 16.4. The van der Waals surface area contributed by atoms with Crippen molar-refractivity contribution in [2.24, 2.45) is 4.99 Å². The minimum atomic E-state index is -0.0930. The van der Waals surface area contributed by atoms with E-state index in [1.807, 2.05) is 32.0 Å². The Morgan fingerprint density at radius 2 is 2.13 bits per heavy atom. The second-order valence-electron chi connectivity index (χ2n) is 4.98. The van der Waals surface area contributed by atoms with Crippen molar-refractivity contribution in [3.63, 3.8) is 0 Å². The summed E-state index contributed by atoms with van der Waals surface area (Å²) in [5.74, 6) is 0.641. The molecule has 0 saturated carbocycles. The number of amides is 1. The van der Waals surface area contributed by atoms with E-state index < -0.39 is 0 Å². The minimum Gasteiger partial charge on any atom is -0.383 e. The number of nitrogens with one attached hydrogen (secondary N) is 3. The van der Waals surface area contributed by atoms with Gasteiger partial charge >= 0.3 is 0 Å². The van der Waals surface area contributed by atoms with Crippen LogP contribution >= 0.6 is 24.0 Å². The molecule has 7 heteroatoms. The zero-order valence-electron chi connectivity index (χ0n) is 14.2. The van der Waals surface area contributed by atoms with Crippen molar-refractivity contribution in [2.75, 3.05) is 27.3 Å². The van der Waals surface area contributed by atoms with E-state index in [1.54, 1.807) is 20.2 Å². The van der Waals surface area contributed by atoms with E-state index in [4.69, 9.17) is 4.74 Å². The number of ether oxygens (including phenoxy) is 1. The fourth-order valence-electron chi connectivity index (χ4n) is 1.97. The molecule has 0 aromatic heterocycles. The first-order valence-electron chi connectivity index (χ1n) is 7.45. The van der Waals surface area contributed by atoms with Crippen molar-refractivity contribution in [1.29, 1.82) is 0 Å². The van der Waals surface area contributed by atoms with Crippen LogP contribution in [0.1, 0.15) is 29.8 Å². The SMILES string of the molecule is CCNC(=NCc1cccc(C(=O)NC)c1)NC(C)COC.I. The Bertz CT molecular complexity index is 509. The van der Waals surface area contributed by atoms with Crippen molar-refractivity contribution in [3.8, 4) is 0 Å². The molecule has 23 heavy (non-hydrogen) atoms. The molecule has 0 heterocycles. The van der Waals surface area contributed by atoms with Crippen LogP contribution in [0.5, 0.6) is 0 Å². The first-order chi connectivity index (χ1) is 10.6. The first kappa shape index (κ1) is 21.6. The van der Waals surface area contributed by atoms with Crippen LogP contribution in [0.25, 0.3) is 0 Å². The van der Waals surface area contributed by atoms with E-state index in [2.05, 4.69) is 20.9 Å². The molecule has 0 saturated heterocycles. The van der Waals surface area contributed by atoms with E-state index in [1.165, 1.54) is 0 Å². The Balaban J connectivity index is 0.00000484. The molecule has 0 aliphatic rings. The first-order valence-corrected chi connectivity index (χ1v) is 7.45. The number of hydrogen-bond donors (Lipinski definition) is 3. The maximum absolute atomic E-state index is 11.6. The number of methoxy groups -OCH3 is 1. The summed E-state index contributed by atoms with van der Waals surface area (Å²) in [6.07, 6.45) is 0. The Hall–Kier alpha value is -1.35. The third-order valence-electron chi connectivity index (χ3n) is 2.98. The largest absolute Gasteiger partial charge is 0.383 e. The molecule has 1 aromatic rings. The third-order valence-corrected chi connectivity index (χ3v) is 2.98. The molecule has 130 valence electrons. The van der Waals surface area contributed by atoms with Gasteiger partial charge in [-0.05, 0) is 31.5 Å². The van der Waals surface area contributed by atoms with Crippen molar-refractivity contribution >= 4 is 35.8 Å². The number of nitrogens with zero attached hydrogens (tertiary/aromatic N) is 1. The van der Waals surface area contributed by atoms with Gasteiger partial charge in [-0.2, -0.15) is 0 Å². The Morgan fingerprint density at radius 3 is 2.74 bits per heavy atom. The number of benzene rings is 1. The average molecular weight is 434 g/mol. The third kappa shape index (κ3) is 8.17. The summed E-state index contributed by atoms with van der Waals surface area (Å²) >= 11 is 0. The summed E-state index contributed by atoms with van der Waals surface area (Å²) < 4.78 is 5.11. The van der Waals surface area contributed by atoms with E-state index in [0.29, 0.717) is 18.7 Å². The Labute approximate surface area is 155 Å². The van der Waals surface area contributed by atoms with Gasteiger partial charge in [-0.15, -0.1) is 24.0 Å². The van der Waals surface area contributed by atoms with Gasteiger partial charge in [-0.25, -0.2) is 4.99 Å². The molecule has 6 nitrogen and oxygen atoms in total. The molecule has 0 spiro atoms. The highest BCUT2D eigenvalue weighted by atomic mass is 127. The van der Waals surface area contributed by atoms with Crippen LogP contribution in [0.3, 0.4) is 0 Å². The maximum Gasteiger partial charge on any atom is 0.251 e. The Kier molecular flexibility index (Phi) is 11.4. The van der Waals surface area contributed by atoms with Gasteiger partial charge in [0.15, 0.2) is 5.96 Å². The van der Waals surface area contributed by atoms with Crippen LogP contribution < -0.4 is 16.0 Å². The number of guanidine groups is 1. The van der Waals surface area contributed by atoms with Crippen LogP contribution in [0.2, 0.25) is 0 Å². The second-order valence-corrected chi connectivity index (χ2v) is 4.98. The predicted molar refractivity (Wildman–Crippen MR) is 105 cm³/mol. The second kappa shape index (κ2) is 12.1. The molecule has 0 bridgehead atoms. The monoisotopic (exact) mass is 434 g/mol. The summed E-state index contributed by atoms with van der Waals surface area (Å²) in [7, 11) is 3.30. The summed E-state index contributed by atoms with van der Waals surface area (Å²) in [5, 5.41) is 9.09. The molecule has 0 radical (unpaired) electrons. The number of carbonyl (C=O) groups excluding carboxylic acids is 1. The number of aliphatic imine (C=N–C) groups is 1. The average Bonchev–Trinajstić information content (AvgIpc) is 2.52. The van der Waals surface area contributed by atoms with Gasteiger partial charge in [-0.3, -0.25) is 4.79 Å². The maximum atomic E-state index is 11.6. The zero-order valence-corrected chi connectivity index (χ0v) is 16.5. The van der Waals surface area contributed by atoms with Crippen LogP contribution in [0.15, 0.2) is 29.3 Å². The standard InChI is InChI=1S/C16H26N4O2.HI/c1-5-18-16(20-12(2)11-22-4)19-10-13-7-6-8-14(9-13)15(21)17-3;/h6-9,12H,5,10-11H2,1-4H3,(H,17,21)(H2,18,19,20);1H. The lowest BCUT2D eigenvalue weighted by atomic mass is 10.1. The van der Waals surface area contributed by atoms with Gasteiger partial charge in [0.05, 0.1) is 13.2 Å². The Morgan fingerprint density at radius 1 is 1.39 bits per heavy atom. The van der Waals surface area contributed by atoms with Gasteiger partial charge in [-0.1, -0.05) is 12.1 Å². The highest BCUT2D eigenvalue weighted by molar-refractivity contribution is 14.0. The van der Waals surface area contributed by atoms with Gasteiger partial charge in [0.25, 0.3) is 5.91 Å². The van der Waals surface area contributed by atoms with E-state index in [0.717, 1.165) is 18.1 Å². The lowest BCUT2D eigenvalue weighted by molar-refractivity contribution is 0.0963. The number of rotatable bonds is 7. The quantitative estimate of drug-likeness (QED) is 0.348. The topological polar surface area (TPSA) is 74.8 Å². The molecule has 1 unspecified atom stereocenters. The highest BCUT2D eigenvalue weighted by Crippen LogP contribution is 2.06. The summed E-state index contributed by atoms with van der Waals surface area (Å²) in [6, 6.07) is 7.63. The minimum absolute atomic E-state index is 0. The van der Waals surface area contributed by atoms with Crippen molar-refractivity contribution in [2.45, 2.75) is 26.4 Å². The lowest BCUT2D eigenvalue weighted by Gasteiger charge is -2.17. The van der Waals surface area contributed by atoms with Crippen molar-refractivity contribution in [1.82, 2.24) is 16.0 Å². The van der Waals surface area contributed by atoms with E-state index >= 15 is 0 Å². The van der Waals surface area contributed by atoms with Gasteiger partial charge in [0, 0.05) is 32.3 Å². The molecule has 3 N–H and O–H groups in total. The fourth-order valence-corrected chi connectivity index (χ4v) is 1.97. The smallest absolute Gasteiger partial charge is 0.251 e. The van der Waals surface area contributed by atoms with Crippen LogP contribution in [-0.2, 0) is 11.3 Å². The summed E-state index contributed by atoms with van der Waals surface area (Å²) in [6.45, 7) is 5.94. The molecule has 1 atom stereocenters. The molecule has 0 fully saturated rings. The van der Waals surface area contributed by atoms with Gasteiger partial charge in [0.1, 0.15) is 0 Å². The van der Waals surface area contributed by atoms with E-state index in [-0.39, 0.29) is 35.9 Å². The summed E-state index contributed by atoms with van der Waals surface area (Å²) in [4.78, 5) is 16.2. The molecule has 1 amide bonds. The van der Waals surface area contributed by atoms with Crippen LogP contribution in [-0.4, -0.2) is 45.2 Å². The fraction of sp³-hybridized carbons (Fsp3) is 0.500.